The van der Waals surface area contributed by atoms with Gasteiger partial charge in [-0.1, -0.05) is 36.4 Å². The zero-order valence-corrected chi connectivity index (χ0v) is 17.8. The van der Waals surface area contributed by atoms with E-state index < -0.39 is 22.0 Å². The number of amides is 3. The Morgan fingerprint density at radius 1 is 1.13 bits per heavy atom. The first kappa shape index (κ1) is 22.4. The van der Waals surface area contributed by atoms with Crippen molar-refractivity contribution in [3.63, 3.8) is 0 Å². The third-order valence-corrected chi connectivity index (χ3v) is 6.63. The molecule has 0 radical (unpaired) electrons. The Bertz CT molecular complexity index is 1070. The minimum Gasteiger partial charge on any atom is -0.354 e. The predicted molar refractivity (Wildman–Crippen MR) is 113 cm³/mol. The van der Waals surface area contributed by atoms with Crippen LogP contribution in [0.25, 0.3) is 0 Å². The van der Waals surface area contributed by atoms with E-state index in [-0.39, 0.29) is 41.9 Å². The van der Waals surface area contributed by atoms with Crippen LogP contribution >= 0.6 is 0 Å². The summed E-state index contributed by atoms with van der Waals surface area (Å²) in [5.41, 5.74) is 1.03. The van der Waals surface area contributed by atoms with Crippen molar-refractivity contribution in [2.45, 2.75) is 24.4 Å². The maximum atomic E-state index is 12.8. The molecule has 3 rings (SSSR count). The average molecular weight is 445 g/mol. The van der Waals surface area contributed by atoms with Crippen LogP contribution in [0.3, 0.4) is 0 Å². The fourth-order valence-electron chi connectivity index (χ4n) is 3.05. The Kier molecular flexibility index (Phi) is 7.03. The van der Waals surface area contributed by atoms with E-state index in [1.54, 1.807) is 6.92 Å². The lowest BCUT2D eigenvalue weighted by atomic mass is 10.2. The van der Waals surface area contributed by atoms with Gasteiger partial charge in [0, 0.05) is 25.2 Å². The highest BCUT2D eigenvalue weighted by molar-refractivity contribution is 7.89. The van der Waals surface area contributed by atoms with Crippen LogP contribution in [0, 0.1) is 0 Å². The highest BCUT2D eigenvalue weighted by Gasteiger charge is 2.29. The Morgan fingerprint density at radius 2 is 1.87 bits per heavy atom. The third-order valence-electron chi connectivity index (χ3n) is 4.79. The molecule has 2 aromatic carbocycles. The molecule has 0 aromatic heterocycles. The molecule has 0 saturated carbocycles. The van der Waals surface area contributed by atoms with Crippen molar-refractivity contribution in [3.05, 3.63) is 65.7 Å². The van der Waals surface area contributed by atoms with Gasteiger partial charge < -0.3 is 16.0 Å². The van der Waals surface area contributed by atoms with Crippen LogP contribution < -0.4 is 16.0 Å². The monoisotopic (exact) mass is 444 g/mol. The van der Waals surface area contributed by atoms with Gasteiger partial charge in [-0.2, -0.15) is 4.31 Å². The molecule has 10 heteroatoms. The first-order chi connectivity index (χ1) is 14.8. The minimum absolute atomic E-state index is 0.0870. The Balaban J connectivity index is 1.64. The molecule has 0 aliphatic carbocycles. The number of rotatable bonds is 7. The van der Waals surface area contributed by atoms with Gasteiger partial charge in [0.25, 0.3) is 5.91 Å². The van der Waals surface area contributed by atoms with Crippen molar-refractivity contribution in [2.75, 3.05) is 19.6 Å². The molecule has 9 nitrogen and oxygen atoms in total. The lowest BCUT2D eigenvalue weighted by molar-refractivity contribution is -0.123. The topological polar surface area (TPSA) is 125 Å². The van der Waals surface area contributed by atoms with Crippen LogP contribution in [0.1, 0.15) is 22.8 Å². The minimum atomic E-state index is -3.92. The molecule has 31 heavy (non-hydrogen) atoms. The highest BCUT2D eigenvalue weighted by atomic mass is 32.2. The Labute approximate surface area is 180 Å². The van der Waals surface area contributed by atoms with Crippen molar-refractivity contribution in [1.82, 2.24) is 20.3 Å². The summed E-state index contributed by atoms with van der Waals surface area (Å²) in [6, 6.07) is 14.1. The molecule has 1 atom stereocenters. The SMILES string of the molecule is CC(NC(=O)c1cccc(S(=O)(=O)N2CCNC(=O)C2)c1)C(=O)NCc1ccccc1. The summed E-state index contributed by atoms with van der Waals surface area (Å²) >= 11 is 0. The van der Waals surface area contributed by atoms with Gasteiger partial charge in [0.1, 0.15) is 6.04 Å². The first-order valence-corrected chi connectivity index (χ1v) is 11.2. The molecule has 1 fully saturated rings. The number of hydrogen-bond acceptors (Lipinski definition) is 5. The number of sulfonamides is 1. The molecule has 1 heterocycles. The number of carbonyl (C=O) groups excluding carboxylic acids is 3. The highest BCUT2D eigenvalue weighted by Crippen LogP contribution is 2.18. The van der Waals surface area contributed by atoms with Gasteiger partial charge in [0.15, 0.2) is 0 Å². The summed E-state index contributed by atoms with van der Waals surface area (Å²) < 4.78 is 26.7. The summed E-state index contributed by atoms with van der Waals surface area (Å²) in [6.07, 6.45) is 0. The molecule has 1 saturated heterocycles. The van der Waals surface area contributed by atoms with E-state index in [0.717, 1.165) is 9.87 Å². The van der Waals surface area contributed by atoms with Gasteiger partial charge in [-0.05, 0) is 30.7 Å². The number of benzene rings is 2. The number of nitrogens with one attached hydrogen (secondary N) is 3. The van der Waals surface area contributed by atoms with Crippen LogP contribution in [0.5, 0.6) is 0 Å². The van der Waals surface area contributed by atoms with Crippen molar-refractivity contribution in [1.29, 1.82) is 0 Å². The lowest BCUT2D eigenvalue weighted by Gasteiger charge is -2.26. The molecule has 1 aliphatic rings. The van der Waals surface area contributed by atoms with E-state index in [1.807, 2.05) is 30.3 Å². The number of piperazine rings is 1. The van der Waals surface area contributed by atoms with Gasteiger partial charge in [-0.15, -0.1) is 0 Å². The van der Waals surface area contributed by atoms with E-state index in [4.69, 9.17) is 0 Å². The van der Waals surface area contributed by atoms with Crippen LogP contribution in [-0.2, 0) is 26.2 Å². The molecular weight excluding hydrogens is 420 g/mol. The lowest BCUT2D eigenvalue weighted by Crippen LogP contribution is -2.49. The van der Waals surface area contributed by atoms with Crippen molar-refractivity contribution >= 4 is 27.7 Å². The second-order valence-electron chi connectivity index (χ2n) is 7.11. The van der Waals surface area contributed by atoms with Crippen molar-refractivity contribution in [2.24, 2.45) is 0 Å². The van der Waals surface area contributed by atoms with Crippen LogP contribution in [0.15, 0.2) is 59.5 Å². The van der Waals surface area contributed by atoms with Crippen molar-refractivity contribution in [3.8, 4) is 0 Å². The molecule has 3 amide bonds. The van der Waals surface area contributed by atoms with E-state index in [9.17, 15) is 22.8 Å². The summed E-state index contributed by atoms with van der Waals surface area (Å²) in [6.45, 7) is 2.00. The smallest absolute Gasteiger partial charge is 0.251 e. The summed E-state index contributed by atoms with van der Waals surface area (Å²) in [7, 11) is -3.92. The molecule has 2 aromatic rings. The average Bonchev–Trinajstić information content (AvgIpc) is 2.78. The summed E-state index contributed by atoms with van der Waals surface area (Å²) in [5, 5.41) is 7.89. The van der Waals surface area contributed by atoms with Gasteiger partial charge >= 0.3 is 0 Å². The maximum Gasteiger partial charge on any atom is 0.251 e. The summed E-state index contributed by atoms with van der Waals surface area (Å²) in [4.78, 5) is 36.3. The second kappa shape index (κ2) is 9.71. The predicted octanol–water partition coefficient (Wildman–Crippen LogP) is 0.242. The Morgan fingerprint density at radius 3 is 2.58 bits per heavy atom. The molecule has 0 spiro atoms. The van der Waals surface area contributed by atoms with E-state index in [2.05, 4.69) is 16.0 Å². The first-order valence-electron chi connectivity index (χ1n) is 9.77. The molecule has 0 bridgehead atoms. The molecule has 1 aliphatic heterocycles. The second-order valence-corrected chi connectivity index (χ2v) is 9.05. The van der Waals surface area contributed by atoms with Crippen molar-refractivity contribution < 1.29 is 22.8 Å². The molecular formula is C21H24N4O5S. The molecule has 3 N–H and O–H groups in total. The van der Waals surface area contributed by atoms with E-state index >= 15 is 0 Å². The maximum absolute atomic E-state index is 12.8. The number of hydrogen-bond donors (Lipinski definition) is 3. The van der Waals surface area contributed by atoms with E-state index in [1.165, 1.54) is 24.3 Å². The molecule has 1 unspecified atom stereocenters. The fraction of sp³-hybridized carbons (Fsp3) is 0.286. The fourth-order valence-corrected chi connectivity index (χ4v) is 4.49. The van der Waals surface area contributed by atoms with Crippen LogP contribution in [0.2, 0.25) is 0 Å². The number of nitrogens with zero attached hydrogens (tertiary/aromatic N) is 1. The summed E-state index contributed by atoms with van der Waals surface area (Å²) in [5.74, 6) is -1.31. The molecule has 164 valence electrons. The third kappa shape index (κ3) is 5.68. The normalized spacial score (nSPS) is 15.6. The Hall–Kier alpha value is -3.24. The van der Waals surface area contributed by atoms with Gasteiger partial charge in [-0.25, -0.2) is 8.42 Å². The van der Waals surface area contributed by atoms with Crippen LogP contribution in [-0.4, -0.2) is 56.1 Å². The largest absolute Gasteiger partial charge is 0.354 e. The van der Waals surface area contributed by atoms with Gasteiger partial charge in [0.2, 0.25) is 21.8 Å². The zero-order chi connectivity index (χ0) is 22.4. The van der Waals surface area contributed by atoms with E-state index in [0.29, 0.717) is 6.54 Å². The van der Waals surface area contributed by atoms with Gasteiger partial charge in [-0.3, -0.25) is 14.4 Å². The zero-order valence-electron chi connectivity index (χ0n) is 17.0. The van der Waals surface area contributed by atoms with Gasteiger partial charge in [0.05, 0.1) is 11.4 Å². The standard InChI is InChI=1S/C21H24N4O5S/c1-15(20(27)23-13-16-6-3-2-4-7-16)24-21(28)17-8-5-9-18(12-17)31(29,30)25-11-10-22-19(26)14-25/h2-9,12,15H,10-11,13-14H2,1H3,(H,22,26)(H,23,27)(H,24,28). The quantitative estimate of drug-likeness (QED) is 0.564. The van der Waals surface area contributed by atoms with Crippen LogP contribution in [0.4, 0.5) is 0 Å². The number of carbonyl (C=O) groups is 3.